The molecule has 0 unspecified atom stereocenters. The van der Waals surface area contributed by atoms with Gasteiger partial charge in [0.15, 0.2) is 0 Å². The Morgan fingerprint density at radius 2 is 2.11 bits per heavy atom. The first-order valence-electron chi connectivity index (χ1n) is 7.45. The topological polar surface area (TPSA) is 118 Å². The van der Waals surface area contributed by atoms with Crippen molar-refractivity contribution in [3.63, 3.8) is 0 Å². The second-order valence-electron chi connectivity index (χ2n) is 5.36. The monoisotopic (exact) mass is 411 g/mol. The third kappa shape index (κ3) is 4.13. The van der Waals surface area contributed by atoms with Crippen LogP contribution in [-0.2, 0) is 13.6 Å². The first kappa shape index (κ1) is 19.0. The second-order valence-corrected chi connectivity index (χ2v) is 6.20. The predicted molar refractivity (Wildman–Crippen MR) is 94.6 cm³/mol. The van der Waals surface area contributed by atoms with Gasteiger partial charge in [-0.2, -0.15) is 4.80 Å². The number of pyridine rings is 1. The summed E-state index contributed by atoms with van der Waals surface area (Å²) in [5.41, 5.74) is 2.65. The molecule has 3 rings (SSSR count). The lowest BCUT2D eigenvalue weighted by Gasteiger charge is -2.11. The Morgan fingerprint density at radius 1 is 1.33 bits per heavy atom. The summed E-state index contributed by atoms with van der Waals surface area (Å²) in [4.78, 5) is 16.3. The number of nitrogens with zero attached hydrogens (tertiary/aromatic N) is 5. The Kier molecular flexibility index (Phi) is 5.49. The SMILES string of the molecule is Cn1nnc(-c2c(Cl)cc(Cl)cc2-c2cnc(CNC(=O)NO)c(F)c2)n1. The van der Waals surface area contributed by atoms with Crippen LogP contribution < -0.4 is 10.8 Å². The normalized spacial score (nSPS) is 10.7. The summed E-state index contributed by atoms with van der Waals surface area (Å²) in [6.45, 7) is -0.215. The Balaban J connectivity index is 2.03. The third-order valence-corrected chi connectivity index (χ3v) is 4.05. The first-order valence-corrected chi connectivity index (χ1v) is 8.20. The van der Waals surface area contributed by atoms with E-state index < -0.39 is 11.8 Å². The second kappa shape index (κ2) is 7.82. The van der Waals surface area contributed by atoms with Crippen LogP contribution in [0.3, 0.4) is 0 Å². The number of hydrogen-bond acceptors (Lipinski definition) is 6. The average Bonchev–Trinajstić information content (AvgIpc) is 3.05. The lowest BCUT2D eigenvalue weighted by molar-refractivity contribution is 0.161. The smallest absolute Gasteiger partial charge is 0.331 e. The summed E-state index contributed by atoms with van der Waals surface area (Å²) < 4.78 is 14.4. The maximum Gasteiger partial charge on any atom is 0.338 e. The highest BCUT2D eigenvalue weighted by molar-refractivity contribution is 6.37. The van der Waals surface area contributed by atoms with E-state index in [4.69, 9.17) is 28.4 Å². The number of carbonyl (C=O) groups is 1. The summed E-state index contributed by atoms with van der Waals surface area (Å²) >= 11 is 12.4. The highest BCUT2D eigenvalue weighted by Gasteiger charge is 2.19. The molecule has 0 radical (unpaired) electrons. The Morgan fingerprint density at radius 3 is 2.74 bits per heavy atom. The fraction of sp³-hybridized carbons (Fsp3) is 0.133. The molecule has 0 spiro atoms. The molecule has 2 heterocycles. The van der Waals surface area contributed by atoms with Gasteiger partial charge < -0.3 is 5.32 Å². The molecule has 2 amide bonds. The predicted octanol–water partition coefficient (Wildman–Crippen LogP) is 2.57. The number of benzene rings is 1. The molecular formula is C15H12Cl2FN7O2. The van der Waals surface area contributed by atoms with Gasteiger partial charge in [0.2, 0.25) is 5.82 Å². The maximum atomic E-state index is 14.4. The van der Waals surface area contributed by atoms with Crippen molar-refractivity contribution in [1.29, 1.82) is 0 Å². The van der Waals surface area contributed by atoms with Gasteiger partial charge in [0.05, 0.1) is 24.3 Å². The van der Waals surface area contributed by atoms with Crippen molar-refractivity contribution in [2.24, 2.45) is 7.05 Å². The van der Waals surface area contributed by atoms with E-state index >= 15 is 0 Å². The number of tetrazole rings is 1. The zero-order chi connectivity index (χ0) is 19.6. The van der Waals surface area contributed by atoms with Crippen molar-refractivity contribution in [3.05, 3.63) is 46.0 Å². The van der Waals surface area contributed by atoms with Gasteiger partial charge in [-0.05, 0) is 29.0 Å². The zero-order valence-electron chi connectivity index (χ0n) is 13.7. The third-order valence-electron chi connectivity index (χ3n) is 3.53. The molecule has 12 heteroatoms. The fourth-order valence-electron chi connectivity index (χ4n) is 2.36. The van der Waals surface area contributed by atoms with Crippen LogP contribution in [0.15, 0.2) is 24.4 Å². The van der Waals surface area contributed by atoms with Crippen LogP contribution in [0.1, 0.15) is 5.69 Å². The Hall–Kier alpha value is -2.82. The van der Waals surface area contributed by atoms with E-state index in [-0.39, 0.29) is 23.1 Å². The van der Waals surface area contributed by atoms with Crippen LogP contribution in [0.2, 0.25) is 10.0 Å². The van der Waals surface area contributed by atoms with E-state index in [0.717, 1.165) is 0 Å². The van der Waals surface area contributed by atoms with Crippen molar-refractivity contribution in [2.75, 3.05) is 0 Å². The van der Waals surface area contributed by atoms with Crippen LogP contribution in [0.25, 0.3) is 22.5 Å². The molecule has 3 aromatic rings. The molecule has 0 aliphatic carbocycles. The molecule has 0 aliphatic heterocycles. The minimum atomic E-state index is -0.877. The van der Waals surface area contributed by atoms with E-state index in [1.54, 1.807) is 13.1 Å². The lowest BCUT2D eigenvalue weighted by Crippen LogP contribution is -2.33. The first-order chi connectivity index (χ1) is 12.9. The number of hydroxylamine groups is 1. The van der Waals surface area contributed by atoms with Gasteiger partial charge in [0, 0.05) is 22.3 Å². The number of aryl methyl sites for hydroxylation is 1. The summed E-state index contributed by atoms with van der Waals surface area (Å²) in [5.74, 6) is -0.417. The number of halogens is 3. The quantitative estimate of drug-likeness (QED) is 0.448. The molecule has 9 nitrogen and oxygen atoms in total. The van der Waals surface area contributed by atoms with Gasteiger partial charge in [-0.25, -0.2) is 14.7 Å². The molecule has 0 aliphatic rings. The van der Waals surface area contributed by atoms with Gasteiger partial charge in [-0.1, -0.05) is 23.2 Å². The summed E-state index contributed by atoms with van der Waals surface area (Å²) in [6.07, 6.45) is 1.40. The van der Waals surface area contributed by atoms with E-state index in [1.807, 2.05) is 0 Å². The van der Waals surface area contributed by atoms with E-state index in [0.29, 0.717) is 21.7 Å². The van der Waals surface area contributed by atoms with E-state index in [2.05, 4.69) is 25.7 Å². The van der Waals surface area contributed by atoms with Crippen LogP contribution >= 0.6 is 23.2 Å². The molecule has 1 aromatic carbocycles. The molecule has 0 saturated heterocycles. The van der Waals surface area contributed by atoms with E-state index in [9.17, 15) is 9.18 Å². The van der Waals surface area contributed by atoms with Gasteiger partial charge in [-0.15, -0.1) is 10.2 Å². The van der Waals surface area contributed by atoms with Gasteiger partial charge in [-0.3, -0.25) is 10.2 Å². The number of carbonyl (C=O) groups excluding carboxylic acids is 1. The van der Waals surface area contributed by atoms with Crippen LogP contribution in [0, 0.1) is 5.82 Å². The number of nitrogens with one attached hydrogen (secondary N) is 2. The Bertz CT molecular complexity index is 1010. The Labute approximate surface area is 162 Å². The van der Waals surface area contributed by atoms with E-state index in [1.165, 1.54) is 28.6 Å². The van der Waals surface area contributed by atoms with Crippen LogP contribution in [0.4, 0.5) is 9.18 Å². The maximum absolute atomic E-state index is 14.4. The summed E-state index contributed by atoms with van der Waals surface area (Å²) in [6, 6.07) is 3.46. The number of aromatic nitrogens is 5. The molecule has 0 fully saturated rings. The number of hydrogen-bond donors (Lipinski definition) is 3. The summed E-state index contributed by atoms with van der Waals surface area (Å²) in [5, 5.41) is 23.1. The molecule has 27 heavy (non-hydrogen) atoms. The zero-order valence-corrected chi connectivity index (χ0v) is 15.3. The average molecular weight is 412 g/mol. The highest BCUT2D eigenvalue weighted by Crippen LogP contribution is 2.38. The molecule has 0 saturated carbocycles. The van der Waals surface area contributed by atoms with Crippen molar-refractivity contribution < 1.29 is 14.4 Å². The number of amides is 2. The minimum Gasteiger partial charge on any atom is -0.331 e. The van der Waals surface area contributed by atoms with Crippen LogP contribution in [-0.4, -0.2) is 36.4 Å². The molecule has 3 N–H and O–H groups in total. The van der Waals surface area contributed by atoms with Crippen molar-refractivity contribution in [2.45, 2.75) is 6.54 Å². The largest absolute Gasteiger partial charge is 0.338 e. The standard InChI is InChI=1S/C15H12Cl2FN7O2/c1-25-22-14(21-24-25)13-9(3-8(16)4-10(13)17)7-2-11(18)12(19-5-7)6-20-15(26)23-27/h2-5,27H,6H2,1H3,(H2,20,23,26). The molecule has 140 valence electrons. The van der Waals surface area contributed by atoms with Crippen molar-refractivity contribution >= 4 is 29.2 Å². The van der Waals surface area contributed by atoms with Gasteiger partial charge >= 0.3 is 6.03 Å². The number of rotatable bonds is 4. The molecule has 0 bridgehead atoms. The summed E-state index contributed by atoms with van der Waals surface area (Å²) in [7, 11) is 1.60. The highest BCUT2D eigenvalue weighted by atomic mass is 35.5. The molecular weight excluding hydrogens is 400 g/mol. The lowest BCUT2D eigenvalue weighted by atomic mass is 10.00. The van der Waals surface area contributed by atoms with Gasteiger partial charge in [0.1, 0.15) is 5.82 Å². The van der Waals surface area contributed by atoms with Crippen LogP contribution in [0.5, 0.6) is 0 Å². The number of urea groups is 1. The fourth-order valence-corrected chi connectivity index (χ4v) is 2.94. The molecule has 2 aromatic heterocycles. The molecule has 0 atom stereocenters. The van der Waals surface area contributed by atoms with Gasteiger partial charge in [0.25, 0.3) is 0 Å². The van der Waals surface area contributed by atoms with Crippen molar-refractivity contribution in [1.82, 2.24) is 36.0 Å². The van der Waals surface area contributed by atoms with Crippen molar-refractivity contribution in [3.8, 4) is 22.5 Å². The minimum absolute atomic E-state index is 0.0188.